The van der Waals surface area contributed by atoms with E-state index >= 15 is 0 Å². The number of nitrogens with zero attached hydrogens (tertiary/aromatic N) is 2. The van der Waals surface area contributed by atoms with Gasteiger partial charge < -0.3 is 4.98 Å². The van der Waals surface area contributed by atoms with Crippen molar-refractivity contribution in [2.24, 2.45) is 5.10 Å². The summed E-state index contributed by atoms with van der Waals surface area (Å²) in [6.45, 7) is 2.06. The molecule has 114 valence electrons. The van der Waals surface area contributed by atoms with Crippen LogP contribution in [0.1, 0.15) is 11.3 Å². The van der Waals surface area contributed by atoms with Crippen LogP contribution < -0.4 is 5.43 Å². The van der Waals surface area contributed by atoms with Crippen LogP contribution in [0, 0.1) is 6.92 Å². The van der Waals surface area contributed by atoms with Crippen LogP contribution in [0.3, 0.4) is 0 Å². The van der Waals surface area contributed by atoms with E-state index in [1.54, 1.807) is 22.7 Å². The van der Waals surface area contributed by atoms with Gasteiger partial charge >= 0.3 is 0 Å². The molecule has 0 fully saturated rings. The molecule has 6 heteroatoms. The summed E-state index contributed by atoms with van der Waals surface area (Å²) < 4.78 is 0. The molecule has 0 unspecified atom stereocenters. The Hall–Kier alpha value is -2.44. The van der Waals surface area contributed by atoms with Gasteiger partial charge in [-0.15, -0.1) is 22.7 Å². The first-order valence-electron chi connectivity index (χ1n) is 7.17. The van der Waals surface area contributed by atoms with Crippen LogP contribution >= 0.6 is 22.7 Å². The quantitative estimate of drug-likeness (QED) is 0.401. The summed E-state index contributed by atoms with van der Waals surface area (Å²) in [7, 11) is 0. The molecule has 0 bridgehead atoms. The van der Waals surface area contributed by atoms with Gasteiger partial charge in [0.1, 0.15) is 0 Å². The van der Waals surface area contributed by atoms with Gasteiger partial charge in [0.15, 0.2) is 0 Å². The highest BCUT2D eigenvalue weighted by Crippen LogP contribution is 2.28. The lowest BCUT2D eigenvalue weighted by molar-refractivity contribution is 1.27. The van der Waals surface area contributed by atoms with Crippen molar-refractivity contribution < 1.29 is 0 Å². The molecule has 0 aliphatic carbocycles. The third-order valence-corrected chi connectivity index (χ3v) is 5.21. The number of aromatic nitrogens is 2. The van der Waals surface area contributed by atoms with Gasteiger partial charge in [-0.05, 0) is 24.4 Å². The first-order valence-corrected chi connectivity index (χ1v) is 8.93. The third-order valence-electron chi connectivity index (χ3n) is 3.58. The molecular formula is C17H14N4S2. The molecular weight excluding hydrogens is 324 g/mol. The SMILES string of the molecule is Cc1[nH]c2ccccc2c1/C=N\Nc1nc(-c2cccs2)cs1. The molecule has 3 heterocycles. The number of anilines is 1. The number of nitrogens with one attached hydrogen (secondary N) is 2. The molecule has 0 radical (unpaired) electrons. The van der Waals surface area contributed by atoms with Gasteiger partial charge in [-0.1, -0.05) is 24.3 Å². The summed E-state index contributed by atoms with van der Waals surface area (Å²) in [5.74, 6) is 0. The molecule has 0 spiro atoms. The van der Waals surface area contributed by atoms with Gasteiger partial charge in [0.2, 0.25) is 5.13 Å². The van der Waals surface area contributed by atoms with Gasteiger partial charge in [-0.25, -0.2) is 4.98 Å². The van der Waals surface area contributed by atoms with Crippen LogP contribution in [0.2, 0.25) is 0 Å². The fourth-order valence-corrected chi connectivity index (χ4v) is 3.90. The molecule has 4 aromatic rings. The molecule has 0 saturated carbocycles. The number of hydrazone groups is 1. The Morgan fingerprint density at radius 2 is 2.09 bits per heavy atom. The first-order chi connectivity index (χ1) is 11.3. The van der Waals surface area contributed by atoms with Crippen molar-refractivity contribution in [2.75, 3.05) is 5.43 Å². The summed E-state index contributed by atoms with van der Waals surface area (Å²) >= 11 is 3.24. The Kier molecular flexibility index (Phi) is 3.69. The Morgan fingerprint density at radius 3 is 2.96 bits per heavy atom. The molecule has 0 amide bonds. The van der Waals surface area contributed by atoms with Gasteiger partial charge in [0, 0.05) is 27.5 Å². The standard InChI is InChI=1S/C17H14N4S2/c1-11-13(12-5-2-3-6-14(12)19-11)9-18-21-17-20-15(10-23-17)16-7-4-8-22-16/h2-10,19H,1H3,(H,20,21)/b18-9-. The number of para-hydroxylation sites is 1. The minimum Gasteiger partial charge on any atom is -0.358 e. The van der Waals surface area contributed by atoms with E-state index < -0.39 is 0 Å². The molecule has 4 rings (SSSR count). The molecule has 4 nitrogen and oxygen atoms in total. The average molecular weight is 338 g/mol. The molecule has 3 aromatic heterocycles. The number of hydrogen-bond donors (Lipinski definition) is 2. The van der Waals surface area contributed by atoms with Crippen molar-refractivity contribution >= 4 is 44.9 Å². The number of fused-ring (bicyclic) bond motifs is 1. The molecule has 0 aliphatic rings. The van der Waals surface area contributed by atoms with Crippen LogP contribution in [0.15, 0.2) is 52.3 Å². The molecule has 0 atom stereocenters. The van der Waals surface area contributed by atoms with E-state index in [4.69, 9.17) is 0 Å². The Labute approximate surface area is 141 Å². The topological polar surface area (TPSA) is 53.1 Å². The zero-order valence-electron chi connectivity index (χ0n) is 12.4. The zero-order valence-corrected chi connectivity index (χ0v) is 14.0. The maximum Gasteiger partial charge on any atom is 0.203 e. The van der Waals surface area contributed by atoms with Crippen LogP contribution in [0.25, 0.3) is 21.5 Å². The van der Waals surface area contributed by atoms with Crippen molar-refractivity contribution in [3.8, 4) is 10.6 Å². The normalized spacial score (nSPS) is 11.5. The number of H-pyrrole nitrogens is 1. The molecule has 2 N–H and O–H groups in total. The summed E-state index contributed by atoms with van der Waals surface area (Å²) in [4.78, 5) is 9.09. The minimum atomic E-state index is 0.794. The number of rotatable bonds is 4. The van der Waals surface area contributed by atoms with Crippen molar-refractivity contribution in [1.82, 2.24) is 9.97 Å². The van der Waals surface area contributed by atoms with Crippen molar-refractivity contribution in [1.29, 1.82) is 0 Å². The summed E-state index contributed by atoms with van der Waals surface area (Å²) in [6, 6.07) is 12.3. The van der Waals surface area contributed by atoms with Crippen molar-refractivity contribution in [2.45, 2.75) is 6.92 Å². The lowest BCUT2D eigenvalue weighted by Crippen LogP contribution is -1.91. The molecule has 0 aliphatic heterocycles. The fourth-order valence-electron chi connectivity index (χ4n) is 2.48. The van der Waals surface area contributed by atoms with E-state index in [0.29, 0.717) is 0 Å². The molecule has 1 aromatic carbocycles. The lowest BCUT2D eigenvalue weighted by Gasteiger charge is -1.95. The van der Waals surface area contributed by atoms with Crippen LogP contribution in [-0.4, -0.2) is 16.2 Å². The number of aryl methyl sites for hydroxylation is 1. The maximum absolute atomic E-state index is 4.55. The summed E-state index contributed by atoms with van der Waals surface area (Å²) in [5.41, 5.74) is 7.35. The van der Waals surface area contributed by atoms with E-state index in [2.05, 4.69) is 51.0 Å². The van der Waals surface area contributed by atoms with E-state index in [0.717, 1.165) is 27.6 Å². The number of thiophene rings is 1. The number of benzene rings is 1. The van der Waals surface area contributed by atoms with E-state index in [9.17, 15) is 0 Å². The monoisotopic (exact) mass is 338 g/mol. The predicted octanol–water partition coefficient (Wildman–Crippen LogP) is 5.11. The smallest absolute Gasteiger partial charge is 0.203 e. The Morgan fingerprint density at radius 1 is 1.17 bits per heavy atom. The van der Waals surface area contributed by atoms with Gasteiger partial charge in [-0.2, -0.15) is 5.10 Å². The van der Waals surface area contributed by atoms with Gasteiger partial charge in [-0.3, -0.25) is 5.43 Å². The number of aromatic amines is 1. The van der Waals surface area contributed by atoms with Crippen LogP contribution in [0.4, 0.5) is 5.13 Å². The summed E-state index contributed by atoms with van der Waals surface area (Å²) in [5, 5.41) is 10.4. The fraction of sp³-hybridized carbons (Fsp3) is 0.0588. The van der Waals surface area contributed by atoms with E-state index in [1.165, 1.54) is 10.3 Å². The highest BCUT2D eigenvalue weighted by atomic mass is 32.1. The zero-order chi connectivity index (χ0) is 15.6. The third kappa shape index (κ3) is 2.78. The van der Waals surface area contributed by atoms with Crippen molar-refractivity contribution in [3.63, 3.8) is 0 Å². The first kappa shape index (κ1) is 14.2. The highest BCUT2D eigenvalue weighted by molar-refractivity contribution is 7.15. The second kappa shape index (κ2) is 5.98. The van der Waals surface area contributed by atoms with E-state index in [1.807, 2.05) is 29.8 Å². The van der Waals surface area contributed by atoms with Gasteiger partial charge in [0.05, 0.1) is 16.8 Å². The number of hydrogen-bond acceptors (Lipinski definition) is 5. The molecule has 0 saturated heterocycles. The second-order valence-corrected chi connectivity index (χ2v) is 6.90. The minimum absolute atomic E-state index is 0.794. The van der Waals surface area contributed by atoms with Crippen molar-refractivity contribution in [3.05, 3.63) is 58.4 Å². The van der Waals surface area contributed by atoms with Gasteiger partial charge in [0.25, 0.3) is 0 Å². The largest absolute Gasteiger partial charge is 0.358 e. The van der Waals surface area contributed by atoms with Crippen LogP contribution in [0.5, 0.6) is 0 Å². The summed E-state index contributed by atoms with van der Waals surface area (Å²) in [6.07, 6.45) is 1.85. The highest BCUT2D eigenvalue weighted by Gasteiger charge is 2.06. The molecule has 23 heavy (non-hydrogen) atoms. The van der Waals surface area contributed by atoms with Crippen LogP contribution in [-0.2, 0) is 0 Å². The lowest BCUT2D eigenvalue weighted by atomic mass is 10.1. The maximum atomic E-state index is 4.55. The second-order valence-electron chi connectivity index (χ2n) is 5.09. The average Bonchev–Trinajstić information content (AvgIpc) is 3.27. The number of thiazole rings is 1. The predicted molar refractivity (Wildman–Crippen MR) is 99.7 cm³/mol. The van der Waals surface area contributed by atoms with E-state index in [-0.39, 0.29) is 0 Å². The Bertz CT molecular complexity index is 964. The Balaban J connectivity index is 1.54.